The van der Waals surface area contributed by atoms with Crippen molar-refractivity contribution in [3.63, 3.8) is 0 Å². The Morgan fingerprint density at radius 2 is 2.00 bits per heavy atom. The molecule has 1 aliphatic carbocycles. The highest BCUT2D eigenvalue weighted by Gasteiger charge is 2.53. The van der Waals surface area contributed by atoms with Crippen LogP contribution in [-0.2, 0) is 33.6 Å². The van der Waals surface area contributed by atoms with Crippen molar-refractivity contribution in [3.05, 3.63) is 76.2 Å². The Labute approximate surface area is 272 Å². The smallest absolute Gasteiger partial charge is 0.452 e. The Bertz CT molecular complexity index is 1800. The lowest BCUT2D eigenvalue weighted by Crippen LogP contribution is -2.38. The van der Waals surface area contributed by atoms with E-state index in [-0.39, 0.29) is 12.1 Å². The number of carboxylic acid groups (broad SMARTS) is 1. The molecule has 4 heterocycles. The molecule has 2 aliphatic rings. The highest BCUT2D eigenvalue weighted by molar-refractivity contribution is 7.89. The lowest BCUT2D eigenvalue weighted by Gasteiger charge is -2.25. The number of ether oxygens (including phenoxy) is 2. The Morgan fingerprint density at radius 1 is 1.21 bits per heavy atom. The van der Waals surface area contributed by atoms with Crippen LogP contribution in [0.2, 0.25) is 0 Å². The molecule has 1 aromatic carbocycles. The minimum Gasteiger partial charge on any atom is -0.593 e. The van der Waals surface area contributed by atoms with Crippen molar-refractivity contribution in [2.75, 3.05) is 32.1 Å². The van der Waals surface area contributed by atoms with E-state index < -0.39 is 40.9 Å². The minimum atomic E-state index is -4.70. The van der Waals surface area contributed by atoms with Gasteiger partial charge in [-0.05, 0) is 73.1 Å². The van der Waals surface area contributed by atoms with Crippen LogP contribution in [0.15, 0.2) is 47.5 Å². The average molecular weight is 673 g/mol. The third kappa shape index (κ3) is 6.89. The van der Waals surface area contributed by atoms with Gasteiger partial charge in [0.1, 0.15) is 11.4 Å². The predicted octanol–water partition coefficient (Wildman–Crippen LogP) is 5.26. The van der Waals surface area contributed by atoms with Gasteiger partial charge in [-0.15, -0.1) is 14.5 Å². The fourth-order valence-electron chi connectivity index (χ4n) is 5.95. The fraction of sp³-hybridized carbons (Fsp3) is 0.438. The van der Waals surface area contributed by atoms with Crippen molar-refractivity contribution in [3.8, 4) is 5.88 Å². The summed E-state index contributed by atoms with van der Waals surface area (Å²) in [7, 11) is 1.65. The van der Waals surface area contributed by atoms with Gasteiger partial charge in [0.15, 0.2) is 5.65 Å². The molecule has 47 heavy (non-hydrogen) atoms. The maximum absolute atomic E-state index is 14.0. The number of rotatable bonds is 11. The second-order valence-corrected chi connectivity index (χ2v) is 13.5. The molecule has 0 amide bonds. The summed E-state index contributed by atoms with van der Waals surface area (Å²) in [6, 6.07) is 10.7. The first-order chi connectivity index (χ1) is 22.4. The monoisotopic (exact) mass is 672 g/mol. The Hall–Kier alpha value is -3.92. The van der Waals surface area contributed by atoms with Crippen LogP contribution >= 0.6 is 0 Å². The first-order valence-electron chi connectivity index (χ1n) is 15.2. The molecule has 15 heteroatoms. The van der Waals surface area contributed by atoms with Gasteiger partial charge in [0, 0.05) is 38.4 Å². The highest BCUT2D eigenvalue weighted by atomic mass is 32.2. The van der Waals surface area contributed by atoms with Crippen molar-refractivity contribution >= 4 is 28.8 Å². The van der Waals surface area contributed by atoms with Gasteiger partial charge < -0.3 is 24.4 Å². The molecule has 1 aliphatic heterocycles. The van der Waals surface area contributed by atoms with E-state index in [1.54, 1.807) is 26.2 Å². The number of hydrogen-bond donors (Lipinski definition) is 2. The van der Waals surface area contributed by atoms with Crippen LogP contribution in [0.4, 0.5) is 19.0 Å². The zero-order valence-corrected chi connectivity index (χ0v) is 27.0. The number of anilines is 1. The minimum absolute atomic E-state index is 0.00727. The van der Waals surface area contributed by atoms with Crippen molar-refractivity contribution in [1.82, 2.24) is 23.9 Å². The first kappa shape index (κ1) is 33.0. The lowest BCUT2D eigenvalue weighted by atomic mass is 9.85. The van der Waals surface area contributed by atoms with E-state index in [9.17, 15) is 27.6 Å². The maximum atomic E-state index is 14.0. The van der Waals surface area contributed by atoms with Gasteiger partial charge in [0.2, 0.25) is 10.7 Å². The molecule has 1 spiro atoms. The number of pyridine rings is 2. The van der Waals surface area contributed by atoms with Crippen LogP contribution in [0.3, 0.4) is 0 Å². The molecule has 2 unspecified atom stereocenters. The van der Waals surface area contributed by atoms with Gasteiger partial charge in [-0.1, -0.05) is 18.2 Å². The van der Waals surface area contributed by atoms with Crippen LogP contribution in [0.1, 0.15) is 65.2 Å². The topological polar surface area (TPSA) is 137 Å². The molecule has 1 fully saturated rings. The molecule has 2 atom stereocenters. The molecule has 1 saturated carbocycles. The summed E-state index contributed by atoms with van der Waals surface area (Å²) in [6.07, 6.45) is -1.36. The summed E-state index contributed by atoms with van der Waals surface area (Å²) in [4.78, 5) is 17.2. The van der Waals surface area contributed by atoms with E-state index >= 15 is 0 Å². The van der Waals surface area contributed by atoms with Crippen LogP contribution in [0.5, 0.6) is 5.88 Å². The molecule has 0 radical (unpaired) electrons. The van der Waals surface area contributed by atoms with E-state index in [1.807, 2.05) is 29.4 Å². The number of nitrogens with zero attached hydrogens (tertiary/aromatic N) is 5. The SMILES string of the molecule is COCCCNc1ccc2c(n1)OC1(CC1)CN(Cc1cc(C(CC(=O)O)c3ccn4c(C(F)(F)F)nnc4c3C)ccc1C)[S+]2[O-]. The number of alkyl halides is 3. The van der Waals surface area contributed by atoms with E-state index in [0.29, 0.717) is 59.5 Å². The molecule has 6 rings (SSSR count). The third-order valence-electron chi connectivity index (χ3n) is 8.66. The van der Waals surface area contributed by atoms with E-state index in [0.717, 1.165) is 34.8 Å². The summed E-state index contributed by atoms with van der Waals surface area (Å²) in [5.41, 5.74) is 2.87. The maximum Gasteiger partial charge on any atom is 0.452 e. The van der Waals surface area contributed by atoms with Gasteiger partial charge in [-0.25, -0.2) is 0 Å². The zero-order valence-electron chi connectivity index (χ0n) is 26.1. The summed E-state index contributed by atoms with van der Waals surface area (Å²) in [6.45, 7) is 5.54. The van der Waals surface area contributed by atoms with Gasteiger partial charge in [0.25, 0.3) is 5.88 Å². The summed E-state index contributed by atoms with van der Waals surface area (Å²) in [5.74, 6) is -1.92. The van der Waals surface area contributed by atoms with Crippen LogP contribution in [0.25, 0.3) is 5.65 Å². The van der Waals surface area contributed by atoms with Crippen molar-refractivity contribution in [1.29, 1.82) is 0 Å². The van der Waals surface area contributed by atoms with Crippen molar-refractivity contribution in [2.45, 2.75) is 68.7 Å². The molecular formula is C32H35F3N6O5S. The quantitative estimate of drug-likeness (QED) is 0.160. The largest absolute Gasteiger partial charge is 0.593 e. The molecule has 4 aromatic rings. The summed E-state index contributed by atoms with van der Waals surface area (Å²) >= 11 is -1.60. The number of aryl methyl sites for hydroxylation is 2. The molecule has 250 valence electrons. The summed E-state index contributed by atoms with van der Waals surface area (Å²) in [5, 5.41) is 20.2. The Morgan fingerprint density at radius 3 is 2.70 bits per heavy atom. The second-order valence-electron chi connectivity index (χ2n) is 12.1. The number of carbonyl (C=O) groups is 1. The number of aliphatic carboxylic acids is 1. The number of hydrogen-bond acceptors (Lipinski definition) is 9. The molecule has 2 N–H and O–H groups in total. The Kier molecular flexibility index (Phi) is 9.09. The number of methoxy groups -OCH3 is 1. The lowest BCUT2D eigenvalue weighted by molar-refractivity contribution is -0.145. The van der Waals surface area contributed by atoms with E-state index in [1.165, 1.54) is 12.3 Å². The predicted molar refractivity (Wildman–Crippen MR) is 167 cm³/mol. The molecule has 3 aromatic heterocycles. The number of halogens is 3. The molecular weight excluding hydrogens is 637 g/mol. The zero-order chi connectivity index (χ0) is 33.5. The molecule has 11 nitrogen and oxygen atoms in total. The van der Waals surface area contributed by atoms with Crippen molar-refractivity contribution in [2.24, 2.45) is 0 Å². The number of fused-ring (bicyclic) bond motifs is 2. The summed E-state index contributed by atoms with van der Waals surface area (Å²) < 4.78 is 68.7. The van der Waals surface area contributed by atoms with E-state index in [2.05, 4.69) is 20.5 Å². The molecule has 0 bridgehead atoms. The van der Waals surface area contributed by atoms with Gasteiger partial charge in [-0.2, -0.15) is 18.2 Å². The van der Waals surface area contributed by atoms with Gasteiger partial charge in [-0.3, -0.25) is 9.20 Å². The number of benzene rings is 1. The fourth-order valence-corrected chi connectivity index (χ4v) is 7.26. The highest BCUT2D eigenvalue weighted by Crippen LogP contribution is 2.46. The van der Waals surface area contributed by atoms with E-state index in [4.69, 9.17) is 9.47 Å². The van der Waals surface area contributed by atoms with Gasteiger partial charge in [0.05, 0.1) is 30.9 Å². The third-order valence-corrected chi connectivity index (χ3v) is 10.1. The Balaban J connectivity index is 1.30. The first-order valence-corrected chi connectivity index (χ1v) is 16.3. The number of aromatic nitrogens is 4. The second kappa shape index (κ2) is 12.9. The van der Waals surface area contributed by atoms with Crippen LogP contribution in [0, 0.1) is 13.8 Å². The normalized spacial score (nSPS) is 18.1. The van der Waals surface area contributed by atoms with Gasteiger partial charge >= 0.3 is 12.1 Å². The average Bonchev–Trinajstić information content (AvgIpc) is 3.64. The van der Waals surface area contributed by atoms with Crippen LogP contribution in [-0.4, -0.2) is 71.9 Å². The molecule has 0 saturated heterocycles. The van der Waals surface area contributed by atoms with Crippen LogP contribution < -0.4 is 10.1 Å². The number of carboxylic acids is 1. The van der Waals surface area contributed by atoms with Crippen molar-refractivity contribution < 1.29 is 37.1 Å². The standard InChI is InChI=1S/C32H35F3N6O5S/c1-19-5-6-21(24(16-27(42)43)23-9-13-41-28(20(23)2)38-39-30(41)32(33,34)35)15-22(19)17-40-18-31(10-11-31)46-29-25(47(40)44)7-8-26(37-29)36-12-4-14-45-3/h5-9,13,15,24H,4,10-12,14,16-18H2,1-3H3,(H,36,37)(H,42,43). The number of nitrogens with one attached hydrogen (secondary N) is 1.